The maximum absolute atomic E-state index is 13.3. The van der Waals surface area contributed by atoms with Gasteiger partial charge in [-0.1, -0.05) is 23.7 Å². The summed E-state index contributed by atoms with van der Waals surface area (Å²) < 4.78 is 21.6. The first kappa shape index (κ1) is 29.2. The van der Waals surface area contributed by atoms with E-state index in [-0.39, 0.29) is 23.5 Å². The number of hydrogen-bond acceptors (Lipinski definition) is 9. The molecule has 1 aliphatic heterocycles. The van der Waals surface area contributed by atoms with Gasteiger partial charge in [-0.2, -0.15) is 0 Å². The zero-order chi connectivity index (χ0) is 29.0. The number of carbonyl (C=O) groups excluding carboxylic acids is 3. The van der Waals surface area contributed by atoms with E-state index < -0.39 is 17.5 Å². The van der Waals surface area contributed by atoms with Crippen molar-refractivity contribution in [2.45, 2.75) is 38.9 Å². The van der Waals surface area contributed by atoms with Crippen LogP contribution in [0.1, 0.15) is 36.1 Å². The molecule has 40 heavy (non-hydrogen) atoms. The summed E-state index contributed by atoms with van der Waals surface area (Å²) in [6, 6.07) is 12.1. The fourth-order valence-corrected chi connectivity index (χ4v) is 4.88. The molecular weight excluding hydrogens is 558 g/mol. The summed E-state index contributed by atoms with van der Waals surface area (Å²) in [5.41, 5.74) is 0.974. The highest BCUT2D eigenvalue weighted by Crippen LogP contribution is 2.34. The Morgan fingerprint density at radius 2 is 1.77 bits per heavy atom. The Morgan fingerprint density at radius 3 is 2.40 bits per heavy atom. The molecule has 2 heterocycles. The first-order valence-electron chi connectivity index (χ1n) is 12.4. The molecule has 212 valence electrons. The molecule has 1 aromatic heterocycles. The van der Waals surface area contributed by atoms with Gasteiger partial charge < -0.3 is 29.2 Å². The SMILES string of the molecule is COC(=O)Cc1nc(-c2ccc(Cl)cc2)sc1C(=O)Nc1ccc(OC2CN(C(=O)OC(C)(C)C)C2)c(OC)c1. The minimum atomic E-state index is -0.566. The zero-order valence-electron chi connectivity index (χ0n) is 22.8. The van der Waals surface area contributed by atoms with E-state index in [1.54, 1.807) is 47.4 Å². The van der Waals surface area contributed by atoms with Crippen LogP contribution in [-0.4, -0.2) is 66.9 Å². The zero-order valence-corrected chi connectivity index (χ0v) is 24.4. The number of ether oxygens (including phenoxy) is 4. The summed E-state index contributed by atoms with van der Waals surface area (Å²) in [6.45, 7) is 6.23. The Kier molecular flexibility index (Phi) is 8.85. The van der Waals surface area contributed by atoms with Gasteiger partial charge in [0.15, 0.2) is 11.5 Å². The minimum Gasteiger partial charge on any atom is -0.493 e. The third kappa shape index (κ3) is 7.22. The summed E-state index contributed by atoms with van der Waals surface area (Å²) >= 11 is 7.16. The lowest BCUT2D eigenvalue weighted by Crippen LogP contribution is -2.57. The van der Waals surface area contributed by atoms with Gasteiger partial charge in [0.1, 0.15) is 21.6 Å². The summed E-state index contributed by atoms with van der Waals surface area (Å²) in [5, 5.41) is 3.99. The van der Waals surface area contributed by atoms with Crippen LogP contribution in [0.25, 0.3) is 10.6 Å². The van der Waals surface area contributed by atoms with E-state index in [4.69, 9.17) is 30.5 Å². The van der Waals surface area contributed by atoms with E-state index >= 15 is 0 Å². The molecule has 0 bridgehead atoms. The molecule has 1 saturated heterocycles. The molecular formula is C28H30ClN3O7S. The molecule has 12 heteroatoms. The van der Waals surface area contributed by atoms with Crippen LogP contribution in [-0.2, 0) is 20.7 Å². The summed E-state index contributed by atoms with van der Waals surface area (Å²) in [7, 11) is 2.78. The topological polar surface area (TPSA) is 116 Å². The van der Waals surface area contributed by atoms with Crippen LogP contribution in [0, 0.1) is 0 Å². The maximum atomic E-state index is 13.3. The molecule has 2 aromatic carbocycles. The van der Waals surface area contributed by atoms with E-state index in [1.165, 1.54) is 14.2 Å². The number of carbonyl (C=O) groups is 3. The van der Waals surface area contributed by atoms with Gasteiger partial charge in [-0.05, 0) is 45.0 Å². The number of benzene rings is 2. The number of aromatic nitrogens is 1. The number of esters is 1. The monoisotopic (exact) mass is 587 g/mol. The van der Waals surface area contributed by atoms with Gasteiger partial charge in [-0.15, -0.1) is 11.3 Å². The Balaban J connectivity index is 1.46. The third-order valence-corrected chi connectivity index (χ3v) is 7.15. The molecule has 10 nitrogen and oxygen atoms in total. The van der Waals surface area contributed by atoms with Crippen LogP contribution in [0.4, 0.5) is 10.5 Å². The van der Waals surface area contributed by atoms with Gasteiger partial charge in [-0.3, -0.25) is 9.59 Å². The molecule has 0 spiro atoms. The summed E-state index contributed by atoms with van der Waals surface area (Å²) in [6.07, 6.45) is -0.751. The van der Waals surface area contributed by atoms with Crippen molar-refractivity contribution in [3.63, 3.8) is 0 Å². The third-order valence-electron chi connectivity index (χ3n) is 5.75. The number of amides is 2. The van der Waals surface area contributed by atoms with E-state index in [0.29, 0.717) is 46.0 Å². The number of hydrogen-bond donors (Lipinski definition) is 1. The van der Waals surface area contributed by atoms with Gasteiger partial charge in [0.05, 0.1) is 39.4 Å². The lowest BCUT2D eigenvalue weighted by atomic mass is 10.1. The highest BCUT2D eigenvalue weighted by Gasteiger charge is 2.35. The van der Waals surface area contributed by atoms with Crippen LogP contribution < -0.4 is 14.8 Å². The largest absolute Gasteiger partial charge is 0.493 e. The number of nitrogens with zero attached hydrogens (tertiary/aromatic N) is 2. The second kappa shape index (κ2) is 12.1. The van der Waals surface area contributed by atoms with Crippen molar-refractivity contribution < 1.29 is 33.3 Å². The Bertz CT molecular complexity index is 1400. The Hall–Kier alpha value is -3.83. The van der Waals surface area contributed by atoms with Gasteiger partial charge >= 0.3 is 12.1 Å². The molecule has 4 rings (SSSR count). The summed E-state index contributed by atoms with van der Waals surface area (Å²) in [5.74, 6) is -0.0521. The van der Waals surface area contributed by atoms with E-state index in [9.17, 15) is 14.4 Å². The number of likely N-dealkylation sites (tertiary alicyclic amines) is 1. The number of anilines is 1. The number of nitrogens with one attached hydrogen (secondary N) is 1. The van der Waals surface area contributed by atoms with Crippen molar-refractivity contribution in [1.29, 1.82) is 0 Å². The van der Waals surface area contributed by atoms with Gasteiger partial charge in [-0.25, -0.2) is 9.78 Å². The molecule has 3 aromatic rings. The van der Waals surface area contributed by atoms with E-state index in [1.807, 2.05) is 20.8 Å². The second-order valence-electron chi connectivity index (χ2n) is 10.00. The van der Waals surface area contributed by atoms with Crippen LogP contribution in [0.3, 0.4) is 0 Å². The standard InChI is InChI=1S/C28H30ClN3O7S/c1-28(2,3)39-27(35)32-14-19(15-32)38-21-11-10-18(12-22(21)36-4)30-25(34)24-20(13-23(33)37-5)31-26(40-24)16-6-8-17(29)9-7-16/h6-12,19H,13-15H2,1-5H3,(H,30,34). The Morgan fingerprint density at radius 1 is 1.07 bits per heavy atom. The van der Waals surface area contributed by atoms with Crippen LogP contribution in [0.15, 0.2) is 42.5 Å². The molecule has 0 aliphatic carbocycles. The van der Waals surface area contributed by atoms with Crippen molar-refractivity contribution in [2.24, 2.45) is 0 Å². The van der Waals surface area contributed by atoms with Crippen molar-refractivity contribution in [3.05, 3.63) is 58.1 Å². The smallest absolute Gasteiger partial charge is 0.410 e. The highest BCUT2D eigenvalue weighted by molar-refractivity contribution is 7.17. The first-order chi connectivity index (χ1) is 19.0. The van der Waals surface area contributed by atoms with E-state index in [0.717, 1.165) is 16.9 Å². The number of rotatable bonds is 8. The van der Waals surface area contributed by atoms with E-state index in [2.05, 4.69) is 10.3 Å². The minimum absolute atomic E-state index is 0.152. The number of methoxy groups -OCH3 is 2. The fourth-order valence-electron chi connectivity index (χ4n) is 3.77. The van der Waals surface area contributed by atoms with Crippen LogP contribution in [0.2, 0.25) is 5.02 Å². The maximum Gasteiger partial charge on any atom is 0.410 e. The molecule has 0 atom stereocenters. The van der Waals surface area contributed by atoms with Crippen LogP contribution in [0.5, 0.6) is 11.5 Å². The normalized spacial score (nSPS) is 13.3. The van der Waals surface area contributed by atoms with Crippen molar-refractivity contribution >= 4 is 46.6 Å². The molecule has 1 fully saturated rings. The molecule has 0 saturated carbocycles. The molecule has 2 amide bonds. The second-order valence-corrected chi connectivity index (χ2v) is 11.4. The lowest BCUT2D eigenvalue weighted by molar-refractivity contribution is -0.139. The van der Waals surface area contributed by atoms with Crippen LogP contribution >= 0.6 is 22.9 Å². The molecule has 0 unspecified atom stereocenters. The molecule has 0 radical (unpaired) electrons. The van der Waals surface area contributed by atoms with Gasteiger partial charge in [0.2, 0.25) is 0 Å². The van der Waals surface area contributed by atoms with Gasteiger partial charge in [0, 0.05) is 22.3 Å². The molecule has 1 aliphatic rings. The van der Waals surface area contributed by atoms with Crippen molar-refractivity contribution in [2.75, 3.05) is 32.6 Å². The van der Waals surface area contributed by atoms with Crippen molar-refractivity contribution in [1.82, 2.24) is 9.88 Å². The lowest BCUT2D eigenvalue weighted by Gasteiger charge is -2.39. The Labute approximate surface area is 241 Å². The average Bonchev–Trinajstić information content (AvgIpc) is 3.29. The predicted octanol–water partition coefficient (Wildman–Crippen LogP) is 5.44. The number of thiazole rings is 1. The first-order valence-corrected chi connectivity index (χ1v) is 13.6. The van der Waals surface area contributed by atoms with Crippen molar-refractivity contribution in [3.8, 4) is 22.1 Å². The quantitative estimate of drug-likeness (QED) is 0.346. The average molecular weight is 588 g/mol. The highest BCUT2D eigenvalue weighted by atomic mass is 35.5. The summed E-state index contributed by atoms with van der Waals surface area (Å²) in [4.78, 5) is 43.8. The number of halogens is 1. The molecule has 1 N–H and O–H groups in total. The predicted molar refractivity (Wildman–Crippen MR) is 151 cm³/mol. The van der Waals surface area contributed by atoms with Gasteiger partial charge in [0.25, 0.3) is 5.91 Å². The fraction of sp³-hybridized carbons (Fsp3) is 0.357.